The monoisotopic (exact) mass is 300 g/mol. The van der Waals surface area contributed by atoms with E-state index in [9.17, 15) is 4.79 Å². The zero-order valence-corrected chi connectivity index (χ0v) is 12.1. The lowest BCUT2D eigenvalue weighted by Gasteiger charge is -2.26. The van der Waals surface area contributed by atoms with Crippen molar-refractivity contribution in [2.75, 3.05) is 0 Å². The summed E-state index contributed by atoms with van der Waals surface area (Å²) in [5, 5.41) is 0. The maximum Gasteiger partial charge on any atom is 0.204 e. The average Bonchev–Trinajstić information content (AvgIpc) is 2.66. The summed E-state index contributed by atoms with van der Waals surface area (Å²) < 4.78 is 11.8. The zero-order valence-electron chi connectivity index (χ0n) is 10.5. The number of rotatable bonds is 2. The molecule has 0 saturated carbocycles. The van der Waals surface area contributed by atoms with Gasteiger partial charge in [-0.05, 0) is 62.2 Å². The predicted molar refractivity (Wildman–Crippen MR) is 68.1 cm³/mol. The van der Waals surface area contributed by atoms with Crippen LogP contribution in [0.5, 0.6) is 0 Å². The quantitative estimate of drug-likeness (QED) is 0.780. The van der Waals surface area contributed by atoms with Crippen LogP contribution in [0.1, 0.15) is 44.7 Å². The highest BCUT2D eigenvalue weighted by atomic mass is 79.9. The normalized spacial score (nSPS) is 26.1. The van der Waals surface area contributed by atoms with E-state index in [0.717, 1.165) is 6.42 Å². The molecular weight excluding hydrogens is 284 g/mol. The van der Waals surface area contributed by atoms with Gasteiger partial charge in [0, 0.05) is 0 Å². The summed E-state index contributed by atoms with van der Waals surface area (Å²) in [5.41, 5.74) is -0.701. The third kappa shape index (κ3) is 2.47. The van der Waals surface area contributed by atoms with Gasteiger partial charge in [0.2, 0.25) is 5.78 Å². The van der Waals surface area contributed by atoms with Gasteiger partial charge in [0.1, 0.15) is 0 Å². The Bertz CT molecular complexity index is 445. The SMILES string of the molecule is CC1(C)CC(C(=O)c2ccc(Br)o2)C(C)(C)O1. The second-order valence-electron chi connectivity index (χ2n) is 5.69. The van der Waals surface area contributed by atoms with Gasteiger partial charge in [-0.3, -0.25) is 4.79 Å². The average molecular weight is 301 g/mol. The van der Waals surface area contributed by atoms with E-state index in [-0.39, 0.29) is 17.3 Å². The number of carbonyl (C=O) groups excluding carboxylic acids is 1. The molecule has 1 aromatic heterocycles. The van der Waals surface area contributed by atoms with Crippen LogP contribution in [-0.4, -0.2) is 17.0 Å². The predicted octanol–water partition coefficient (Wildman–Crippen LogP) is 3.82. The van der Waals surface area contributed by atoms with Gasteiger partial charge in [0.05, 0.1) is 17.1 Å². The molecule has 1 saturated heterocycles. The smallest absolute Gasteiger partial charge is 0.204 e. The summed E-state index contributed by atoms with van der Waals surface area (Å²) in [7, 11) is 0. The van der Waals surface area contributed by atoms with Crippen molar-refractivity contribution in [3.63, 3.8) is 0 Å². The zero-order chi connectivity index (χ0) is 12.8. The summed E-state index contributed by atoms with van der Waals surface area (Å²) in [5.74, 6) is 0.262. The van der Waals surface area contributed by atoms with E-state index >= 15 is 0 Å². The Balaban J connectivity index is 2.26. The molecule has 2 heterocycles. The maximum absolute atomic E-state index is 12.4. The molecule has 0 bridgehead atoms. The van der Waals surface area contributed by atoms with E-state index in [0.29, 0.717) is 10.4 Å². The summed E-state index contributed by atoms with van der Waals surface area (Å²) in [6, 6.07) is 3.44. The number of hydrogen-bond acceptors (Lipinski definition) is 3. The Labute approximate surface area is 110 Å². The Morgan fingerprint density at radius 2 is 2.00 bits per heavy atom. The van der Waals surface area contributed by atoms with Gasteiger partial charge in [-0.25, -0.2) is 0 Å². The lowest BCUT2D eigenvalue weighted by atomic mass is 9.83. The Morgan fingerprint density at radius 3 is 2.41 bits per heavy atom. The van der Waals surface area contributed by atoms with Crippen molar-refractivity contribution >= 4 is 21.7 Å². The molecule has 94 valence electrons. The van der Waals surface area contributed by atoms with Crippen LogP contribution in [0, 0.1) is 5.92 Å². The highest BCUT2D eigenvalue weighted by molar-refractivity contribution is 9.10. The van der Waals surface area contributed by atoms with Crippen LogP contribution >= 0.6 is 15.9 Å². The van der Waals surface area contributed by atoms with Crippen molar-refractivity contribution in [3.05, 3.63) is 22.6 Å². The van der Waals surface area contributed by atoms with Crippen molar-refractivity contribution in [3.8, 4) is 0 Å². The molecule has 2 rings (SSSR count). The van der Waals surface area contributed by atoms with Crippen LogP contribution in [0.2, 0.25) is 0 Å². The molecule has 0 spiro atoms. The fraction of sp³-hybridized carbons (Fsp3) is 0.615. The fourth-order valence-corrected chi connectivity index (χ4v) is 2.90. The molecule has 0 N–H and O–H groups in total. The molecule has 0 radical (unpaired) electrons. The van der Waals surface area contributed by atoms with Crippen molar-refractivity contribution in [1.29, 1.82) is 0 Å². The van der Waals surface area contributed by atoms with Crippen LogP contribution in [-0.2, 0) is 4.74 Å². The highest BCUT2D eigenvalue weighted by Crippen LogP contribution is 2.43. The molecule has 1 unspecified atom stereocenters. The topological polar surface area (TPSA) is 39.4 Å². The number of ketones is 1. The minimum absolute atomic E-state index is 0.0197. The second kappa shape index (κ2) is 3.95. The van der Waals surface area contributed by atoms with Crippen molar-refractivity contribution < 1.29 is 13.9 Å². The molecular formula is C13H17BrO3. The first-order valence-corrected chi connectivity index (χ1v) is 6.50. The summed E-state index contributed by atoms with van der Waals surface area (Å²) in [6.45, 7) is 7.95. The first-order chi connectivity index (χ1) is 7.71. The number of carbonyl (C=O) groups is 1. The van der Waals surface area contributed by atoms with Gasteiger partial charge in [0.25, 0.3) is 0 Å². The third-order valence-electron chi connectivity index (χ3n) is 3.21. The molecule has 3 nitrogen and oxygen atoms in total. The molecule has 1 aliphatic heterocycles. The fourth-order valence-electron chi connectivity index (χ4n) is 2.59. The molecule has 17 heavy (non-hydrogen) atoms. The van der Waals surface area contributed by atoms with Crippen molar-refractivity contribution in [2.45, 2.75) is 45.3 Å². The van der Waals surface area contributed by atoms with E-state index in [1.165, 1.54) is 0 Å². The van der Waals surface area contributed by atoms with Crippen LogP contribution in [0.4, 0.5) is 0 Å². The van der Waals surface area contributed by atoms with Crippen LogP contribution in [0.15, 0.2) is 21.2 Å². The number of Topliss-reactive ketones (excluding diaryl/α,β-unsaturated/α-hetero) is 1. The molecule has 4 heteroatoms. The van der Waals surface area contributed by atoms with E-state index in [4.69, 9.17) is 9.15 Å². The number of furan rings is 1. The highest BCUT2D eigenvalue weighted by Gasteiger charge is 2.49. The van der Waals surface area contributed by atoms with E-state index in [2.05, 4.69) is 15.9 Å². The summed E-state index contributed by atoms with van der Waals surface area (Å²) in [4.78, 5) is 12.4. The van der Waals surface area contributed by atoms with Crippen molar-refractivity contribution in [1.82, 2.24) is 0 Å². The Kier molecular flexibility index (Phi) is 2.99. The van der Waals surface area contributed by atoms with Crippen LogP contribution < -0.4 is 0 Å². The van der Waals surface area contributed by atoms with Gasteiger partial charge in [-0.2, -0.15) is 0 Å². The number of hydrogen-bond donors (Lipinski definition) is 0. The molecule has 1 aliphatic rings. The molecule has 1 atom stereocenters. The van der Waals surface area contributed by atoms with Gasteiger partial charge < -0.3 is 9.15 Å². The van der Waals surface area contributed by atoms with Crippen molar-refractivity contribution in [2.24, 2.45) is 5.92 Å². The molecule has 0 aromatic carbocycles. The molecule has 1 fully saturated rings. The molecule has 0 aliphatic carbocycles. The van der Waals surface area contributed by atoms with Gasteiger partial charge in [-0.15, -0.1) is 0 Å². The summed E-state index contributed by atoms with van der Waals surface area (Å²) >= 11 is 3.21. The lowest BCUT2D eigenvalue weighted by Crippen LogP contribution is -2.33. The first-order valence-electron chi connectivity index (χ1n) is 5.71. The van der Waals surface area contributed by atoms with Crippen LogP contribution in [0.25, 0.3) is 0 Å². The first kappa shape index (κ1) is 12.8. The van der Waals surface area contributed by atoms with Gasteiger partial charge in [-0.1, -0.05) is 0 Å². The van der Waals surface area contributed by atoms with Crippen LogP contribution in [0.3, 0.4) is 0 Å². The minimum atomic E-state index is -0.445. The standard InChI is InChI=1S/C13H17BrO3/c1-12(2)7-8(13(3,4)17-12)11(15)9-5-6-10(14)16-9/h5-6,8H,7H2,1-4H3. The van der Waals surface area contributed by atoms with Gasteiger partial charge >= 0.3 is 0 Å². The van der Waals surface area contributed by atoms with E-state index < -0.39 is 5.60 Å². The minimum Gasteiger partial charge on any atom is -0.446 e. The lowest BCUT2D eigenvalue weighted by molar-refractivity contribution is -0.0713. The second-order valence-corrected chi connectivity index (χ2v) is 6.47. The largest absolute Gasteiger partial charge is 0.446 e. The number of ether oxygens (including phenoxy) is 1. The van der Waals surface area contributed by atoms with Gasteiger partial charge in [0.15, 0.2) is 10.4 Å². The molecule has 1 aromatic rings. The van der Waals surface area contributed by atoms with E-state index in [1.54, 1.807) is 12.1 Å². The molecule has 0 amide bonds. The summed E-state index contributed by atoms with van der Waals surface area (Å²) in [6.07, 6.45) is 0.719. The Morgan fingerprint density at radius 1 is 1.35 bits per heavy atom. The number of halogens is 1. The maximum atomic E-state index is 12.4. The Hall–Kier alpha value is -0.610. The van der Waals surface area contributed by atoms with E-state index in [1.807, 2.05) is 27.7 Å². The third-order valence-corrected chi connectivity index (χ3v) is 3.63.